The molecule has 612 valence electrons. The Kier molecular flexibility index (Phi) is 32.5. The lowest BCUT2D eigenvalue weighted by molar-refractivity contribution is -0.160. The fraction of sp³-hybridized carbons (Fsp3) is 0.202. The number of halogens is 5. The Morgan fingerprint density at radius 3 is 1.19 bits per heavy atom. The number of nitrogens with one attached hydrogen (secondary N) is 1. The SMILES string of the molecule is CCOC(=O)C(F)Br.CCOC(=O)C(F)Oc1cccc2c1c(C(=O)C(N)=O)c(C)n2Cc1ccccc1.CCOC(=O)C(F)Oc1cccc2c1cc(C)n2Cc1ccccc1.Cc1cc2c(O)cccc2[nH]1.Cc1cc2c(O)cccc2n1Cc1ccccc1.Cc1cc2c(OCc3ccccc3)cccc2n1Cc1ccccc1.Cl. The Morgan fingerprint density at radius 2 is 0.771 bits per heavy atom. The molecule has 0 aliphatic carbocycles. The molecule has 15 rings (SSSR count). The van der Waals surface area contributed by atoms with Crippen LogP contribution in [0, 0.1) is 34.6 Å². The number of H-pyrrole nitrogens is 1. The number of aromatic amines is 1. The second-order valence-electron chi connectivity index (χ2n) is 26.9. The number of alkyl halides is 4. The number of carbonyl (C=O) groups excluding carboxylic acids is 5. The van der Waals surface area contributed by atoms with Crippen molar-refractivity contribution in [1.82, 2.24) is 23.3 Å². The number of amides is 1. The molecule has 0 aliphatic heterocycles. The van der Waals surface area contributed by atoms with Crippen molar-refractivity contribution < 1.29 is 75.8 Å². The van der Waals surface area contributed by atoms with E-state index in [0.717, 1.165) is 74.2 Å². The van der Waals surface area contributed by atoms with Crippen LogP contribution in [0.4, 0.5) is 13.2 Å². The number of ether oxygens (including phenoxy) is 6. The molecule has 15 aromatic rings. The van der Waals surface area contributed by atoms with E-state index in [1.165, 1.54) is 44.9 Å². The first-order valence-corrected chi connectivity index (χ1v) is 38.8. The Balaban J connectivity index is 0.000000168. The summed E-state index contributed by atoms with van der Waals surface area (Å²) in [5.41, 5.74) is 20.9. The van der Waals surface area contributed by atoms with Crippen LogP contribution in [0.3, 0.4) is 0 Å². The molecule has 10 aromatic carbocycles. The number of benzene rings is 10. The first-order valence-electron chi connectivity index (χ1n) is 37.9. The smallest absolute Gasteiger partial charge is 0.381 e. The molecule has 1 amide bonds. The molecule has 5 N–H and O–H groups in total. The Labute approximate surface area is 696 Å². The third-order valence-electron chi connectivity index (χ3n) is 18.7. The van der Waals surface area contributed by atoms with Crippen molar-refractivity contribution >= 4 is 112 Å². The predicted molar refractivity (Wildman–Crippen MR) is 462 cm³/mol. The standard InChI is InChI=1S/C23H21NO.C22H21FN2O5.C20H20FNO3.C16H15NO.C9H9NO.C4H6BrFO2.ClH/c1-18-15-21-22(24(18)16-19-9-4-2-5-10-19)13-8-14-23(21)25-17-20-11-6-3-7-12-20;1-3-29-22(28)20(23)30-16-11-7-10-15-18(16)17(19(26)21(24)27)13(2)25(15)12-14-8-5-4-6-9-14;1-3-24-20(23)19(21)25-18-11-7-10-17-16(18)12-14(2)22(17)13-15-8-5-4-6-9-15;1-12-10-14-15(8-5-9-16(14)18)17(12)11-13-6-3-2-4-7-13;1-6-5-7-8(10-6)3-2-4-9(7)11;1-2-8-4(7)3(5)6;/h2-15H,16-17H2,1H3;4-11,20H,3,12H2,1-2H3,(H2,24,27);4-12,19H,3,13H2,1-2H3;2-10,18H,11H2,1H3;2-5,10-11H,1H3;3H,2H2,1H3;1H. The lowest BCUT2D eigenvalue weighted by Gasteiger charge is -2.12. The lowest BCUT2D eigenvalue weighted by atomic mass is 10.1. The summed E-state index contributed by atoms with van der Waals surface area (Å²) in [7, 11) is 0. The number of nitrogens with two attached hydrogens (primary N) is 1. The first kappa shape index (κ1) is 89.0. The van der Waals surface area contributed by atoms with Crippen molar-refractivity contribution in [1.29, 1.82) is 0 Å². The molecule has 0 spiro atoms. The molecule has 5 heterocycles. The second kappa shape index (κ2) is 43.1. The van der Waals surface area contributed by atoms with Crippen LogP contribution in [0.1, 0.15) is 87.4 Å². The quantitative estimate of drug-likeness (QED) is 0.0153. The molecular formula is C94H93BrClF3N6O13. The first-order chi connectivity index (χ1) is 56.5. The number of rotatable bonds is 23. The van der Waals surface area contributed by atoms with E-state index >= 15 is 0 Å². The zero-order valence-corrected chi connectivity index (χ0v) is 68.9. The molecule has 118 heavy (non-hydrogen) atoms. The van der Waals surface area contributed by atoms with Gasteiger partial charge in [-0.1, -0.05) is 182 Å². The average Bonchev–Trinajstić information content (AvgIpc) is 1.60. The number of phenols is 2. The van der Waals surface area contributed by atoms with Gasteiger partial charge < -0.3 is 67.6 Å². The van der Waals surface area contributed by atoms with Crippen LogP contribution in [0.25, 0.3) is 54.5 Å². The van der Waals surface area contributed by atoms with Gasteiger partial charge in [0.2, 0.25) is 0 Å². The zero-order chi connectivity index (χ0) is 83.7. The number of phenolic OH excluding ortho intramolecular Hbond substituents is 2. The molecule has 0 saturated carbocycles. The highest BCUT2D eigenvalue weighted by Crippen LogP contribution is 2.37. The summed E-state index contributed by atoms with van der Waals surface area (Å²) in [5.74, 6) is -3.24. The van der Waals surface area contributed by atoms with E-state index in [0.29, 0.717) is 48.2 Å². The van der Waals surface area contributed by atoms with Crippen molar-refractivity contribution in [2.24, 2.45) is 5.73 Å². The monoisotopic (exact) mass is 1680 g/mol. The third kappa shape index (κ3) is 23.2. The van der Waals surface area contributed by atoms with Gasteiger partial charge in [-0.05, 0) is 184 Å². The Bertz CT molecular complexity index is 5840. The van der Waals surface area contributed by atoms with Crippen LogP contribution in [-0.4, -0.2) is 101 Å². The maximum atomic E-state index is 14.3. The Morgan fingerprint density at radius 1 is 0.415 bits per heavy atom. The highest BCUT2D eigenvalue weighted by Gasteiger charge is 2.29. The second-order valence-corrected chi connectivity index (χ2v) is 27.7. The summed E-state index contributed by atoms with van der Waals surface area (Å²) in [5, 5.41) is 21.5. The third-order valence-corrected chi connectivity index (χ3v) is 19.1. The van der Waals surface area contributed by atoms with Gasteiger partial charge >= 0.3 is 30.6 Å². The van der Waals surface area contributed by atoms with E-state index in [4.69, 9.17) is 19.9 Å². The van der Waals surface area contributed by atoms with Gasteiger partial charge in [0, 0.05) is 81.7 Å². The molecule has 24 heteroatoms. The van der Waals surface area contributed by atoms with Gasteiger partial charge in [0.25, 0.3) is 16.8 Å². The van der Waals surface area contributed by atoms with E-state index in [9.17, 15) is 47.4 Å². The molecule has 0 aliphatic rings. The molecular weight excluding hydrogens is 1590 g/mol. The maximum absolute atomic E-state index is 14.3. The van der Waals surface area contributed by atoms with Gasteiger partial charge in [0.15, 0.2) is 0 Å². The topological polar surface area (TPSA) is 243 Å². The number of fused-ring (bicyclic) bond motifs is 5. The number of aryl methyl sites for hydroxylation is 4. The number of hydrogen-bond acceptors (Lipinski definition) is 13. The fourth-order valence-corrected chi connectivity index (χ4v) is 13.4. The predicted octanol–water partition coefficient (Wildman–Crippen LogP) is 20.3. The van der Waals surface area contributed by atoms with Crippen LogP contribution in [0.15, 0.2) is 267 Å². The number of esters is 3. The number of nitrogens with zero attached hydrogens (tertiary/aromatic N) is 4. The van der Waals surface area contributed by atoms with Gasteiger partial charge in [-0.2, -0.15) is 8.78 Å². The minimum Gasteiger partial charge on any atom is -0.507 e. The molecule has 0 bridgehead atoms. The van der Waals surface area contributed by atoms with Gasteiger partial charge in [-0.3, -0.25) is 9.59 Å². The van der Waals surface area contributed by atoms with Crippen molar-refractivity contribution in [3.05, 3.63) is 329 Å². The molecule has 0 saturated heterocycles. The van der Waals surface area contributed by atoms with Crippen molar-refractivity contribution in [2.75, 3.05) is 19.8 Å². The normalized spacial score (nSPS) is 11.4. The number of Topliss-reactive ketones (excluding diaryl/α,β-unsaturated/α-hetero) is 1. The van der Waals surface area contributed by atoms with Crippen LogP contribution >= 0.6 is 28.3 Å². The van der Waals surface area contributed by atoms with Crippen molar-refractivity contribution in [3.8, 4) is 28.7 Å². The van der Waals surface area contributed by atoms with Crippen LogP contribution in [0.2, 0.25) is 0 Å². The molecule has 0 radical (unpaired) electrons. The zero-order valence-electron chi connectivity index (χ0n) is 66.5. The highest BCUT2D eigenvalue weighted by atomic mass is 79.9. The summed E-state index contributed by atoms with van der Waals surface area (Å²) in [6.45, 7) is 18.4. The highest BCUT2D eigenvalue weighted by molar-refractivity contribution is 9.09. The number of aromatic nitrogens is 5. The van der Waals surface area contributed by atoms with Crippen molar-refractivity contribution in [3.63, 3.8) is 0 Å². The number of ketones is 1. The largest absolute Gasteiger partial charge is 0.507 e. The Hall–Kier alpha value is -13.0. The molecule has 0 fully saturated rings. The molecule has 3 atom stereocenters. The number of carbonyl (C=O) groups is 5. The average molecular weight is 1690 g/mol. The van der Waals surface area contributed by atoms with E-state index in [1.54, 1.807) is 64.1 Å². The minimum atomic E-state index is -2.38. The molecule has 3 unspecified atom stereocenters. The van der Waals surface area contributed by atoms with Crippen LogP contribution in [0.5, 0.6) is 28.7 Å². The van der Waals surface area contributed by atoms with Crippen molar-refractivity contribution in [2.45, 2.75) is 106 Å². The van der Waals surface area contributed by atoms with Gasteiger partial charge in [0.1, 0.15) is 35.4 Å². The van der Waals surface area contributed by atoms with Crippen LogP contribution in [-0.2, 0) is 66.2 Å². The van der Waals surface area contributed by atoms with E-state index in [1.807, 2.05) is 152 Å². The maximum Gasteiger partial charge on any atom is 0.381 e. The van der Waals surface area contributed by atoms with E-state index in [-0.39, 0.29) is 48.9 Å². The van der Waals surface area contributed by atoms with Gasteiger partial charge in [-0.15, -0.1) is 12.4 Å². The fourth-order valence-electron chi connectivity index (χ4n) is 13.3. The van der Waals surface area contributed by atoms with Gasteiger partial charge in [0.05, 0.1) is 52.8 Å². The summed E-state index contributed by atoms with van der Waals surface area (Å²) in [6.07, 6.45) is -4.52. The molecule has 5 aromatic heterocycles. The number of aromatic hydroxyl groups is 2. The minimum absolute atomic E-state index is 0. The summed E-state index contributed by atoms with van der Waals surface area (Å²) >= 11 is 2.40. The number of primary amides is 1. The summed E-state index contributed by atoms with van der Waals surface area (Å²) in [4.78, 5) is 60.6. The summed E-state index contributed by atoms with van der Waals surface area (Å²) < 4.78 is 78.5. The number of hydrogen-bond donors (Lipinski definition) is 4. The lowest BCUT2D eigenvalue weighted by Crippen LogP contribution is -2.25. The summed E-state index contributed by atoms with van der Waals surface area (Å²) in [6, 6.07) is 86.5. The van der Waals surface area contributed by atoms with Gasteiger partial charge in [-0.25, -0.2) is 18.8 Å². The van der Waals surface area contributed by atoms with E-state index in [2.05, 4.69) is 154 Å². The van der Waals surface area contributed by atoms with Crippen LogP contribution < -0.4 is 19.9 Å². The van der Waals surface area contributed by atoms with E-state index < -0.39 is 47.4 Å². The molecule has 19 nitrogen and oxygen atoms in total.